The molecule has 25 heavy (non-hydrogen) atoms. The molecule has 2 aliphatic carbocycles. The lowest BCUT2D eigenvalue weighted by molar-refractivity contribution is 0.0969. The molecule has 0 radical (unpaired) electrons. The summed E-state index contributed by atoms with van der Waals surface area (Å²) in [5, 5.41) is 31.3. The van der Waals surface area contributed by atoms with E-state index >= 15 is 0 Å². The number of fused-ring (bicyclic) bond motifs is 3. The number of phenolic OH excluding ortho intramolecular Hbond substituents is 2. The van der Waals surface area contributed by atoms with Crippen LogP contribution >= 0.6 is 0 Å². The Kier molecular flexibility index (Phi) is 3.44. The van der Waals surface area contributed by atoms with E-state index < -0.39 is 17.7 Å². The molecule has 2 aliphatic rings. The zero-order valence-electron chi connectivity index (χ0n) is 13.8. The van der Waals surface area contributed by atoms with Gasteiger partial charge in [0.1, 0.15) is 11.5 Å². The molecule has 2 aromatic carbocycles. The topological polar surface area (TPSA) is 94.8 Å². The van der Waals surface area contributed by atoms with Gasteiger partial charge in [-0.1, -0.05) is 18.2 Å². The molecule has 128 valence electrons. The molecule has 0 fully saturated rings. The molecule has 0 saturated heterocycles. The average molecular weight is 338 g/mol. The van der Waals surface area contributed by atoms with E-state index in [9.17, 15) is 24.9 Å². The fourth-order valence-electron chi connectivity index (χ4n) is 4.03. The lowest BCUT2D eigenvalue weighted by Crippen LogP contribution is -2.25. The summed E-state index contributed by atoms with van der Waals surface area (Å²) in [6.45, 7) is 1.52. The number of ketones is 2. The van der Waals surface area contributed by atoms with Gasteiger partial charge in [0.25, 0.3) is 0 Å². The maximum absolute atomic E-state index is 13.1. The third kappa shape index (κ3) is 2.05. The first-order chi connectivity index (χ1) is 11.9. The third-order valence-electron chi connectivity index (χ3n) is 5.24. The van der Waals surface area contributed by atoms with Crippen molar-refractivity contribution in [3.05, 3.63) is 57.1 Å². The summed E-state index contributed by atoms with van der Waals surface area (Å²) < 4.78 is 0. The molecule has 0 saturated carbocycles. The fourth-order valence-corrected chi connectivity index (χ4v) is 4.03. The summed E-state index contributed by atoms with van der Waals surface area (Å²) in [5.41, 5.74) is 1.49. The highest BCUT2D eigenvalue weighted by molar-refractivity contribution is 6.31. The van der Waals surface area contributed by atoms with Crippen LogP contribution in [0.4, 0.5) is 0 Å². The van der Waals surface area contributed by atoms with Crippen LogP contribution in [0.15, 0.2) is 18.2 Å². The molecular formula is C20H18O5. The van der Waals surface area contributed by atoms with Crippen LogP contribution in [0.3, 0.4) is 0 Å². The highest BCUT2D eigenvalue weighted by Gasteiger charge is 2.39. The van der Waals surface area contributed by atoms with Crippen LogP contribution in [-0.4, -0.2) is 26.9 Å². The smallest absolute Gasteiger partial charge is 0.198 e. The number of carbonyl (C=O) groups excluding carboxylic acids is 2. The number of benzene rings is 2. The summed E-state index contributed by atoms with van der Waals surface area (Å²) >= 11 is 0. The highest BCUT2D eigenvalue weighted by Crippen LogP contribution is 2.46. The van der Waals surface area contributed by atoms with Gasteiger partial charge in [-0.05, 0) is 38.2 Å². The van der Waals surface area contributed by atoms with Crippen molar-refractivity contribution in [3.63, 3.8) is 0 Å². The van der Waals surface area contributed by atoms with Gasteiger partial charge in [-0.2, -0.15) is 0 Å². The number of phenols is 2. The van der Waals surface area contributed by atoms with Crippen molar-refractivity contribution >= 4 is 11.6 Å². The number of carbonyl (C=O) groups is 2. The molecule has 2 aromatic rings. The first-order valence-corrected chi connectivity index (χ1v) is 8.43. The normalized spacial score (nSPS) is 16.9. The Hall–Kier alpha value is -2.66. The van der Waals surface area contributed by atoms with E-state index in [1.165, 1.54) is 13.0 Å². The average Bonchev–Trinajstić information content (AvgIpc) is 2.62. The van der Waals surface area contributed by atoms with Gasteiger partial charge in [0.15, 0.2) is 11.6 Å². The van der Waals surface area contributed by atoms with Crippen molar-refractivity contribution in [3.8, 4) is 11.5 Å². The summed E-state index contributed by atoms with van der Waals surface area (Å²) in [7, 11) is 0. The Bertz CT molecular complexity index is 940. The van der Waals surface area contributed by atoms with Crippen molar-refractivity contribution < 1.29 is 24.9 Å². The molecule has 1 atom stereocenters. The molecule has 0 bridgehead atoms. The van der Waals surface area contributed by atoms with Crippen LogP contribution in [0, 0.1) is 0 Å². The zero-order valence-corrected chi connectivity index (χ0v) is 13.8. The van der Waals surface area contributed by atoms with Crippen LogP contribution in [0.2, 0.25) is 0 Å². The number of aromatic hydroxyl groups is 2. The molecule has 3 N–H and O–H groups in total. The number of rotatable bonds is 1. The van der Waals surface area contributed by atoms with Gasteiger partial charge in [0.05, 0.1) is 17.2 Å². The second-order valence-electron chi connectivity index (χ2n) is 6.72. The van der Waals surface area contributed by atoms with Gasteiger partial charge in [-0.15, -0.1) is 0 Å². The number of aliphatic hydroxyl groups is 1. The van der Waals surface area contributed by atoms with Gasteiger partial charge >= 0.3 is 0 Å². The van der Waals surface area contributed by atoms with Crippen molar-refractivity contribution in [2.45, 2.75) is 38.7 Å². The van der Waals surface area contributed by atoms with E-state index in [1.807, 2.05) is 0 Å². The highest BCUT2D eigenvalue weighted by atomic mass is 16.3. The first-order valence-electron chi connectivity index (χ1n) is 8.43. The van der Waals surface area contributed by atoms with Crippen molar-refractivity contribution in [1.29, 1.82) is 0 Å². The van der Waals surface area contributed by atoms with E-state index in [0.29, 0.717) is 29.5 Å². The van der Waals surface area contributed by atoms with E-state index in [-0.39, 0.29) is 33.8 Å². The zero-order chi connectivity index (χ0) is 17.9. The lowest BCUT2D eigenvalue weighted by atomic mass is 9.76. The van der Waals surface area contributed by atoms with E-state index in [4.69, 9.17) is 0 Å². The Morgan fingerprint density at radius 2 is 1.44 bits per heavy atom. The van der Waals surface area contributed by atoms with Gasteiger partial charge in [-0.25, -0.2) is 0 Å². The van der Waals surface area contributed by atoms with Crippen molar-refractivity contribution in [1.82, 2.24) is 0 Å². The van der Waals surface area contributed by atoms with Gasteiger partial charge in [-0.3, -0.25) is 9.59 Å². The minimum Gasteiger partial charge on any atom is -0.507 e. The van der Waals surface area contributed by atoms with Crippen LogP contribution in [0.5, 0.6) is 11.5 Å². The summed E-state index contributed by atoms with van der Waals surface area (Å²) in [6.07, 6.45) is 1.93. The Morgan fingerprint density at radius 3 is 2.00 bits per heavy atom. The Balaban J connectivity index is 2.07. The van der Waals surface area contributed by atoms with Crippen LogP contribution < -0.4 is 0 Å². The minimum atomic E-state index is -0.929. The van der Waals surface area contributed by atoms with Crippen LogP contribution in [0.1, 0.15) is 74.4 Å². The van der Waals surface area contributed by atoms with Crippen molar-refractivity contribution in [2.24, 2.45) is 0 Å². The maximum Gasteiger partial charge on any atom is 0.198 e. The molecule has 0 heterocycles. The maximum atomic E-state index is 13.1. The molecule has 5 nitrogen and oxygen atoms in total. The van der Waals surface area contributed by atoms with Gasteiger partial charge < -0.3 is 15.3 Å². The molecule has 0 spiro atoms. The molecule has 0 amide bonds. The second-order valence-corrected chi connectivity index (χ2v) is 6.72. The molecule has 0 aliphatic heterocycles. The van der Waals surface area contributed by atoms with Crippen LogP contribution in [-0.2, 0) is 12.8 Å². The van der Waals surface area contributed by atoms with E-state index in [1.54, 1.807) is 12.1 Å². The predicted molar refractivity (Wildman–Crippen MR) is 90.4 cm³/mol. The third-order valence-corrected chi connectivity index (χ3v) is 5.24. The summed E-state index contributed by atoms with van der Waals surface area (Å²) in [5.74, 6) is -1.41. The number of aliphatic hydroxyl groups excluding tert-OH is 1. The molecule has 4 rings (SSSR count). The monoisotopic (exact) mass is 338 g/mol. The quantitative estimate of drug-likeness (QED) is 0.593. The molecule has 1 unspecified atom stereocenters. The largest absolute Gasteiger partial charge is 0.507 e. The predicted octanol–water partition coefficient (Wildman–Crippen LogP) is 2.81. The molecule has 5 heteroatoms. The van der Waals surface area contributed by atoms with Crippen molar-refractivity contribution in [2.75, 3.05) is 0 Å². The summed E-state index contributed by atoms with van der Waals surface area (Å²) in [4.78, 5) is 26.1. The Morgan fingerprint density at radius 1 is 0.880 bits per heavy atom. The number of hydrogen-bond acceptors (Lipinski definition) is 5. The summed E-state index contributed by atoms with van der Waals surface area (Å²) in [6, 6.07) is 4.71. The fraction of sp³-hybridized carbons (Fsp3) is 0.300. The minimum absolute atomic E-state index is 0.112. The number of hydrogen-bond donors (Lipinski definition) is 3. The molecular weight excluding hydrogens is 320 g/mol. The van der Waals surface area contributed by atoms with Gasteiger partial charge in [0, 0.05) is 22.3 Å². The molecule has 0 aromatic heterocycles. The SMILES string of the molecule is CC(O)c1cccc2c1C(=O)c1c(O)c3c(c(O)c1C2=O)CCCC3. The first kappa shape index (κ1) is 15.8. The second kappa shape index (κ2) is 5.43. The van der Waals surface area contributed by atoms with Gasteiger partial charge in [0.2, 0.25) is 0 Å². The standard InChI is InChI=1S/C20H18O5/c1-9(21)10-7-4-8-13-14(10)20(25)16-15(19(13)24)17(22)11-5-2-3-6-12(11)18(16)23/h4,7-9,21-23H,2-3,5-6H2,1H3. The van der Waals surface area contributed by atoms with E-state index in [2.05, 4.69) is 0 Å². The lowest BCUT2D eigenvalue weighted by Gasteiger charge is -2.27. The van der Waals surface area contributed by atoms with E-state index in [0.717, 1.165) is 12.8 Å². The van der Waals surface area contributed by atoms with Crippen LogP contribution in [0.25, 0.3) is 0 Å². The Labute approximate surface area is 144 Å².